The molecule has 0 fully saturated rings. The summed E-state index contributed by atoms with van der Waals surface area (Å²) in [5, 5.41) is 2.58. The lowest BCUT2D eigenvalue weighted by Gasteiger charge is -2.36. The number of carbonyl (C=O) groups is 2. The molecule has 0 saturated heterocycles. The van der Waals surface area contributed by atoms with Gasteiger partial charge in [0.2, 0.25) is 11.8 Å². The predicted octanol–water partition coefficient (Wildman–Crippen LogP) is 4.00. The predicted molar refractivity (Wildman–Crippen MR) is 135 cm³/mol. The summed E-state index contributed by atoms with van der Waals surface area (Å²) in [5.41, 5.74) is 2.14. The molecule has 0 unspecified atom stereocenters. The van der Waals surface area contributed by atoms with Crippen molar-refractivity contribution in [2.75, 3.05) is 31.2 Å². The maximum Gasteiger partial charge on any atom is 0.239 e. The van der Waals surface area contributed by atoms with Crippen LogP contribution in [0.1, 0.15) is 16.7 Å². The van der Waals surface area contributed by atoms with Gasteiger partial charge < -0.3 is 15.0 Å². The molecular weight excluding hydrogens is 515 g/mol. The first-order chi connectivity index (χ1) is 15.6. The highest BCUT2D eigenvalue weighted by Crippen LogP contribution is 2.40. The molecule has 3 rings (SSSR count). The average Bonchev–Trinajstić information content (AvgIpc) is 2.87. The molecule has 166 valence electrons. The van der Waals surface area contributed by atoms with Crippen LogP contribution in [0.2, 0.25) is 0 Å². The molecular formula is C26H27IN2O3. The highest BCUT2D eigenvalue weighted by molar-refractivity contribution is 14.1. The number of ether oxygens (including phenoxy) is 1. The summed E-state index contributed by atoms with van der Waals surface area (Å²) >= 11 is 2.02. The van der Waals surface area contributed by atoms with E-state index in [1.54, 1.807) is 7.05 Å². The van der Waals surface area contributed by atoms with Crippen LogP contribution < -0.4 is 5.32 Å². The smallest absolute Gasteiger partial charge is 0.239 e. The van der Waals surface area contributed by atoms with E-state index in [-0.39, 0.29) is 25.0 Å². The van der Waals surface area contributed by atoms with Crippen molar-refractivity contribution in [3.63, 3.8) is 0 Å². The summed E-state index contributed by atoms with van der Waals surface area (Å²) in [4.78, 5) is 25.9. The number of nitrogens with zero attached hydrogens (tertiary/aromatic N) is 1. The Hall–Kier alpha value is -2.71. The van der Waals surface area contributed by atoms with E-state index in [1.807, 2.05) is 77.2 Å². The second-order valence-corrected chi connectivity index (χ2v) is 8.01. The first-order valence-corrected chi connectivity index (χ1v) is 12.0. The van der Waals surface area contributed by atoms with Crippen LogP contribution in [-0.4, -0.2) is 47.9 Å². The summed E-state index contributed by atoms with van der Waals surface area (Å²) in [6.45, 7) is 0.582. The van der Waals surface area contributed by atoms with Crippen LogP contribution in [0.4, 0.5) is 0 Å². The molecule has 0 aromatic heterocycles. The number of amides is 2. The molecule has 0 radical (unpaired) electrons. The van der Waals surface area contributed by atoms with Crippen LogP contribution in [0, 0.1) is 0 Å². The molecule has 6 heteroatoms. The second-order valence-electron chi connectivity index (χ2n) is 7.25. The number of carbonyl (C=O) groups excluding carboxylic acids is 2. The van der Waals surface area contributed by atoms with E-state index in [0.717, 1.165) is 16.7 Å². The molecule has 0 aliphatic heterocycles. The Morgan fingerprint density at radius 3 is 1.66 bits per heavy atom. The molecule has 1 N–H and O–H groups in total. The minimum absolute atomic E-state index is 0.0106. The number of halogens is 1. The van der Waals surface area contributed by atoms with Gasteiger partial charge in [-0.05, 0) is 16.7 Å². The molecule has 0 atom stereocenters. The van der Waals surface area contributed by atoms with E-state index in [9.17, 15) is 9.59 Å². The van der Waals surface area contributed by atoms with Gasteiger partial charge in [-0.25, -0.2) is 0 Å². The Kier molecular flexibility index (Phi) is 8.81. The average molecular weight is 542 g/mol. The Bertz CT molecular complexity index is 901. The van der Waals surface area contributed by atoms with Crippen LogP contribution in [0.15, 0.2) is 91.0 Å². The molecule has 2 amide bonds. The quantitative estimate of drug-likeness (QED) is 0.240. The fraction of sp³-hybridized carbons (Fsp3) is 0.231. The second kappa shape index (κ2) is 11.8. The largest absolute Gasteiger partial charge is 0.359 e. The van der Waals surface area contributed by atoms with E-state index in [4.69, 9.17) is 4.74 Å². The van der Waals surface area contributed by atoms with E-state index in [0.29, 0.717) is 11.0 Å². The molecule has 0 spiro atoms. The van der Waals surface area contributed by atoms with Crippen LogP contribution in [0.5, 0.6) is 0 Å². The zero-order chi connectivity index (χ0) is 22.8. The van der Waals surface area contributed by atoms with Crippen molar-refractivity contribution in [1.29, 1.82) is 0 Å². The standard InChI is InChI=1S/C26H27IN2O3/c1-28-24(30)20-29(25(31)19-27)17-18-32-26(21-11-5-2-6-12-21,22-13-7-3-8-14-22)23-15-9-4-10-16-23/h2-16H,17-20H2,1H3,(H,28,30). The van der Waals surface area contributed by atoms with Gasteiger partial charge in [-0.3, -0.25) is 9.59 Å². The summed E-state index contributed by atoms with van der Waals surface area (Å²) in [7, 11) is 1.57. The lowest BCUT2D eigenvalue weighted by atomic mass is 9.80. The minimum atomic E-state index is -0.851. The van der Waals surface area contributed by atoms with Crippen molar-refractivity contribution in [1.82, 2.24) is 10.2 Å². The van der Waals surface area contributed by atoms with Crippen LogP contribution in [0.25, 0.3) is 0 Å². The van der Waals surface area contributed by atoms with Gasteiger partial charge in [-0.15, -0.1) is 0 Å². The zero-order valence-electron chi connectivity index (χ0n) is 18.0. The van der Waals surface area contributed by atoms with Gasteiger partial charge in [0, 0.05) is 13.6 Å². The third-order valence-corrected chi connectivity index (χ3v) is 5.95. The Balaban J connectivity index is 1.99. The third-order valence-electron chi connectivity index (χ3n) is 5.30. The number of rotatable bonds is 10. The molecule has 0 bridgehead atoms. The molecule has 0 aliphatic rings. The maximum absolute atomic E-state index is 12.4. The molecule has 5 nitrogen and oxygen atoms in total. The summed E-state index contributed by atoms with van der Waals surface area (Å²) in [5.74, 6) is -0.300. The van der Waals surface area contributed by atoms with E-state index in [2.05, 4.69) is 41.7 Å². The van der Waals surface area contributed by atoms with E-state index in [1.165, 1.54) is 4.90 Å². The lowest BCUT2D eigenvalue weighted by Crippen LogP contribution is -2.43. The minimum Gasteiger partial charge on any atom is -0.359 e. The van der Waals surface area contributed by atoms with Gasteiger partial charge in [-0.2, -0.15) is 0 Å². The molecule has 3 aromatic rings. The molecule has 0 aliphatic carbocycles. The van der Waals surface area contributed by atoms with Gasteiger partial charge in [0.1, 0.15) is 5.60 Å². The zero-order valence-corrected chi connectivity index (χ0v) is 20.2. The topological polar surface area (TPSA) is 58.6 Å². The Morgan fingerprint density at radius 1 is 0.844 bits per heavy atom. The number of likely N-dealkylation sites (N-methyl/N-ethyl adjacent to an activating group) is 1. The van der Waals surface area contributed by atoms with Crippen LogP contribution >= 0.6 is 22.6 Å². The summed E-state index contributed by atoms with van der Waals surface area (Å²) < 4.78 is 7.00. The highest BCUT2D eigenvalue weighted by Gasteiger charge is 2.37. The first-order valence-electron chi connectivity index (χ1n) is 10.5. The van der Waals surface area contributed by atoms with Crippen molar-refractivity contribution in [3.8, 4) is 0 Å². The van der Waals surface area contributed by atoms with Gasteiger partial charge in [-0.1, -0.05) is 114 Å². The Labute approximate surface area is 202 Å². The summed E-state index contributed by atoms with van der Waals surface area (Å²) in [6, 6.07) is 30.2. The lowest BCUT2D eigenvalue weighted by molar-refractivity contribution is -0.134. The molecule has 0 saturated carbocycles. The SMILES string of the molecule is CNC(=O)CN(CCOC(c1ccccc1)(c1ccccc1)c1ccccc1)C(=O)CI. The Morgan fingerprint density at radius 2 is 1.28 bits per heavy atom. The van der Waals surface area contributed by atoms with E-state index < -0.39 is 5.60 Å². The highest BCUT2D eigenvalue weighted by atomic mass is 127. The number of benzene rings is 3. The van der Waals surface area contributed by atoms with Crippen molar-refractivity contribution in [3.05, 3.63) is 108 Å². The molecule has 32 heavy (non-hydrogen) atoms. The maximum atomic E-state index is 12.4. The number of hydrogen-bond donors (Lipinski definition) is 1. The van der Waals surface area contributed by atoms with Crippen LogP contribution in [-0.2, 0) is 19.9 Å². The summed E-state index contributed by atoms with van der Waals surface area (Å²) in [6.07, 6.45) is 0. The fourth-order valence-electron chi connectivity index (χ4n) is 3.71. The van der Waals surface area contributed by atoms with Gasteiger partial charge in [0.15, 0.2) is 0 Å². The number of nitrogens with one attached hydrogen (secondary N) is 1. The monoisotopic (exact) mass is 542 g/mol. The van der Waals surface area contributed by atoms with Gasteiger partial charge in [0.05, 0.1) is 17.6 Å². The van der Waals surface area contributed by atoms with Gasteiger partial charge >= 0.3 is 0 Å². The normalized spacial score (nSPS) is 11.1. The number of alkyl halides is 1. The van der Waals surface area contributed by atoms with E-state index >= 15 is 0 Å². The van der Waals surface area contributed by atoms with Crippen LogP contribution in [0.3, 0.4) is 0 Å². The van der Waals surface area contributed by atoms with Crippen molar-refractivity contribution < 1.29 is 14.3 Å². The van der Waals surface area contributed by atoms with Gasteiger partial charge in [0.25, 0.3) is 0 Å². The first kappa shape index (κ1) is 23.9. The van der Waals surface area contributed by atoms with Crippen molar-refractivity contribution in [2.24, 2.45) is 0 Å². The third kappa shape index (κ3) is 5.55. The molecule has 3 aromatic carbocycles. The molecule has 0 heterocycles. The fourth-order valence-corrected chi connectivity index (χ4v) is 4.19. The van der Waals surface area contributed by atoms with Crippen molar-refractivity contribution in [2.45, 2.75) is 5.60 Å². The number of hydrogen-bond acceptors (Lipinski definition) is 3. The van der Waals surface area contributed by atoms with Crippen molar-refractivity contribution >= 4 is 34.4 Å².